The molecule has 0 atom stereocenters. The molecule has 0 amide bonds. The van der Waals surface area contributed by atoms with E-state index in [4.69, 9.17) is 4.74 Å². The zero-order chi connectivity index (χ0) is 19.1. The molecule has 2 aromatic carbocycles. The van der Waals surface area contributed by atoms with E-state index in [9.17, 15) is 4.79 Å². The van der Waals surface area contributed by atoms with E-state index >= 15 is 0 Å². The quantitative estimate of drug-likeness (QED) is 0.664. The third kappa shape index (κ3) is 5.17. The highest BCUT2D eigenvalue weighted by molar-refractivity contribution is 5.80. The summed E-state index contributed by atoms with van der Waals surface area (Å²) in [5, 5.41) is 0. The minimum absolute atomic E-state index is 0.0406. The van der Waals surface area contributed by atoms with Gasteiger partial charge in [0.25, 0.3) is 5.91 Å². The Labute approximate surface area is 159 Å². The SMILES string of the molecule is CC(C)N=c1ccccn1C(=O)COc1ccccc1Cc1ccccc1. The van der Waals surface area contributed by atoms with Gasteiger partial charge in [0.1, 0.15) is 11.2 Å². The van der Waals surface area contributed by atoms with Gasteiger partial charge in [-0.3, -0.25) is 14.4 Å². The molecule has 4 heteroatoms. The van der Waals surface area contributed by atoms with Crippen LogP contribution < -0.4 is 10.2 Å². The summed E-state index contributed by atoms with van der Waals surface area (Å²) in [4.78, 5) is 17.2. The molecule has 3 rings (SSSR count). The zero-order valence-electron chi connectivity index (χ0n) is 15.7. The number of para-hydroxylation sites is 1. The van der Waals surface area contributed by atoms with Crippen molar-refractivity contribution in [3.05, 3.63) is 95.6 Å². The van der Waals surface area contributed by atoms with Crippen molar-refractivity contribution in [2.45, 2.75) is 26.3 Å². The van der Waals surface area contributed by atoms with Crippen LogP contribution in [0.3, 0.4) is 0 Å². The topological polar surface area (TPSA) is 43.6 Å². The lowest BCUT2D eigenvalue weighted by Crippen LogP contribution is -2.31. The first-order valence-electron chi connectivity index (χ1n) is 9.13. The summed E-state index contributed by atoms with van der Waals surface area (Å²) in [6, 6.07) is 23.7. The van der Waals surface area contributed by atoms with Crippen LogP contribution in [-0.4, -0.2) is 23.1 Å². The van der Waals surface area contributed by atoms with Crippen LogP contribution in [0.25, 0.3) is 0 Å². The van der Waals surface area contributed by atoms with Crippen molar-refractivity contribution in [1.29, 1.82) is 0 Å². The normalized spacial score (nSPS) is 11.6. The van der Waals surface area contributed by atoms with E-state index in [1.807, 2.05) is 74.5 Å². The minimum Gasteiger partial charge on any atom is -0.483 e. The van der Waals surface area contributed by atoms with Gasteiger partial charge in [0.05, 0.1) is 0 Å². The van der Waals surface area contributed by atoms with Gasteiger partial charge in [0.2, 0.25) is 0 Å². The monoisotopic (exact) mass is 360 g/mol. The van der Waals surface area contributed by atoms with Crippen molar-refractivity contribution >= 4 is 5.91 Å². The van der Waals surface area contributed by atoms with E-state index in [1.54, 1.807) is 10.8 Å². The molecule has 0 saturated carbocycles. The first-order valence-corrected chi connectivity index (χ1v) is 9.13. The lowest BCUT2D eigenvalue weighted by Gasteiger charge is -2.12. The molecule has 138 valence electrons. The molecule has 0 aliphatic rings. The third-order valence-electron chi connectivity index (χ3n) is 4.06. The number of benzene rings is 2. The predicted molar refractivity (Wildman–Crippen MR) is 107 cm³/mol. The van der Waals surface area contributed by atoms with E-state index in [-0.39, 0.29) is 18.6 Å². The molecule has 0 unspecified atom stereocenters. The maximum atomic E-state index is 12.7. The van der Waals surface area contributed by atoms with Crippen LogP contribution in [0.2, 0.25) is 0 Å². The van der Waals surface area contributed by atoms with Crippen LogP contribution in [0.15, 0.2) is 84.0 Å². The second-order valence-electron chi connectivity index (χ2n) is 6.60. The van der Waals surface area contributed by atoms with E-state index in [0.29, 0.717) is 5.49 Å². The summed E-state index contributed by atoms with van der Waals surface area (Å²) in [6.45, 7) is 3.93. The van der Waals surface area contributed by atoms with Crippen molar-refractivity contribution < 1.29 is 9.53 Å². The maximum absolute atomic E-state index is 12.7. The molecule has 3 aromatic rings. The molecule has 0 N–H and O–H groups in total. The fourth-order valence-corrected chi connectivity index (χ4v) is 2.83. The maximum Gasteiger partial charge on any atom is 0.270 e. The molecule has 0 fully saturated rings. The van der Waals surface area contributed by atoms with Crippen LogP contribution in [0.1, 0.15) is 29.8 Å². The summed E-state index contributed by atoms with van der Waals surface area (Å²) in [6.07, 6.45) is 2.49. The summed E-state index contributed by atoms with van der Waals surface area (Å²) >= 11 is 0. The van der Waals surface area contributed by atoms with Crippen molar-refractivity contribution in [2.24, 2.45) is 4.99 Å². The number of ether oxygens (including phenoxy) is 1. The highest BCUT2D eigenvalue weighted by Gasteiger charge is 2.09. The molecule has 0 saturated heterocycles. The van der Waals surface area contributed by atoms with Gasteiger partial charge in [0.15, 0.2) is 6.61 Å². The molecular weight excluding hydrogens is 336 g/mol. The van der Waals surface area contributed by atoms with Gasteiger partial charge in [-0.15, -0.1) is 0 Å². The predicted octanol–water partition coefficient (Wildman–Crippen LogP) is 4.11. The summed E-state index contributed by atoms with van der Waals surface area (Å²) < 4.78 is 7.41. The summed E-state index contributed by atoms with van der Waals surface area (Å²) in [7, 11) is 0. The Kier molecular flexibility index (Phi) is 6.21. The Balaban J connectivity index is 1.75. The number of pyridine rings is 1. The Morgan fingerprint density at radius 3 is 2.44 bits per heavy atom. The molecule has 1 heterocycles. The van der Waals surface area contributed by atoms with Crippen LogP contribution in [0.4, 0.5) is 0 Å². The first-order chi connectivity index (χ1) is 13.1. The molecule has 0 spiro atoms. The molecule has 27 heavy (non-hydrogen) atoms. The molecule has 0 radical (unpaired) electrons. The van der Waals surface area contributed by atoms with E-state index in [1.165, 1.54) is 5.56 Å². The number of hydrogen-bond donors (Lipinski definition) is 0. The number of nitrogens with zero attached hydrogens (tertiary/aromatic N) is 2. The van der Waals surface area contributed by atoms with Gasteiger partial charge in [-0.05, 0) is 43.2 Å². The Hall–Kier alpha value is -3.14. The summed E-state index contributed by atoms with van der Waals surface area (Å²) in [5.74, 6) is 0.582. The molecular formula is C23H24N2O2. The van der Waals surface area contributed by atoms with Crippen molar-refractivity contribution in [3.63, 3.8) is 0 Å². The van der Waals surface area contributed by atoms with Crippen LogP contribution in [-0.2, 0) is 6.42 Å². The number of carbonyl (C=O) groups excluding carboxylic acids is 1. The molecule has 0 bridgehead atoms. The van der Waals surface area contributed by atoms with Gasteiger partial charge < -0.3 is 4.74 Å². The first kappa shape index (κ1) is 18.6. The molecule has 0 aliphatic carbocycles. The van der Waals surface area contributed by atoms with Gasteiger partial charge in [-0.2, -0.15) is 0 Å². The van der Waals surface area contributed by atoms with Crippen LogP contribution in [0, 0.1) is 0 Å². The van der Waals surface area contributed by atoms with Gasteiger partial charge in [-0.1, -0.05) is 54.6 Å². The molecule has 1 aromatic heterocycles. The zero-order valence-corrected chi connectivity index (χ0v) is 15.7. The van der Waals surface area contributed by atoms with E-state index in [0.717, 1.165) is 17.7 Å². The largest absolute Gasteiger partial charge is 0.483 e. The highest BCUT2D eigenvalue weighted by Crippen LogP contribution is 2.21. The average Bonchev–Trinajstić information content (AvgIpc) is 2.68. The standard InChI is InChI=1S/C23H24N2O2/c1-18(2)24-22-14-8-9-15-25(22)23(26)17-27-21-13-7-6-12-20(21)16-19-10-4-3-5-11-19/h3-15,18H,16-17H2,1-2H3. The minimum atomic E-state index is -0.149. The van der Waals surface area contributed by atoms with Gasteiger partial charge >= 0.3 is 0 Å². The Morgan fingerprint density at radius 2 is 1.67 bits per heavy atom. The Bertz CT molecular complexity index is 959. The average molecular weight is 360 g/mol. The van der Waals surface area contributed by atoms with Gasteiger partial charge in [0, 0.05) is 18.7 Å². The smallest absolute Gasteiger partial charge is 0.270 e. The second-order valence-corrected chi connectivity index (χ2v) is 6.60. The van der Waals surface area contributed by atoms with Crippen molar-refractivity contribution in [2.75, 3.05) is 6.61 Å². The number of aromatic nitrogens is 1. The Morgan fingerprint density at radius 1 is 0.963 bits per heavy atom. The number of rotatable bonds is 6. The van der Waals surface area contributed by atoms with Crippen molar-refractivity contribution in [1.82, 2.24) is 4.57 Å². The number of carbonyl (C=O) groups is 1. The van der Waals surface area contributed by atoms with Crippen LogP contribution >= 0.6 is 0 Å². The summed E-state index contributed by atoms with van der Waals surface area (Å²) in [5.41, 5.74) is 2.90. The third-order valence-corrected chi connectivity index (χ3v) is 4.06. The van der Waals surface area contributed by atoms with Gasteiger partial charge in [-0.25, -0.2) is 0 Å². The second kappa shape index (κ2) is 8.99. The molecule has 4 nitrogen and oxygen atoms in total. The van der Waals surface area contributed by atoms with E-state index in [2.05, 4.69) is 17.1 Å². The number of hydrogen-bond acceptors (Lipinski definition) is 3. The van der Waals surface area contributed by atoms with E-state index < -0.39 is 0 Å². The fourth-order valence-electron chi connectivity index (χ4n) is 2.83. The molecule has 0 aliphatic heterocycles. The highest BCUT2D eigenvalue weighted by atomic mass is 16.5. The van der Waals surface area contributed by atoms with Crippen molar-refractivity contribution in [3.8, 4) is 5.75 Å². The fraction of sp³-hybridized carbons (Fsp3) is 0.217. The lowest BCUT2D eigenvalue weighted by atomic mass is 10.0. The lowest BCUT2D eigenvalue weighted by molar-refractivity contribution is 0.0831. The van der Waals surface area contributed by atoms with Crippen LogP contribution in [0.5, 0.6) is 5.75 Å².